The largest absolute Gasteiger partial charge is 0.492 e. The van der Waals surface area contributed by atoms with Gasteiger partial charge < -0.3 is 15.0 Å². The highest BCUT2D eigenvalue weighted by Gasteiger charge is 2.22. The van der Waals surface area contributed by atoms with Gasteiger partial charge in [-0.2, -0.15) is 0 Å². The lowest BCUT2D eigenvalue weighted by Gasteiger charge is -2.18. The SMILES string of the molecule is CCCCCCOc1ccc(C(=O)NC(=S)Nc2ccccc2C(=O)N2CCCC2)cc1Br. The van der Waals surface area contributed by atoms with E-state index in [9.17, 15) is 9.59 Å². The molecule has 6 nitrogen and oxygen atoms in total. The lowest BCUT2D eigenvalue weighted by Crippen LogP contribution is -2.35. The minimum absolute atomic E-state index is 0.0288. The summed E-state index contributed by atoms with van der Waals surface area (Å²) in [5, 5.41) is 5.82. The van der Waals surface area contributed by atoms with Gasteiger partial charge in [-0.25, -0.2) is 0 Å². The molecule has 176 valence electrons. The van der Waals surface area contributed by atoms with Crippen molar-refractivity contribution in [3.05, 3.63) is 58.1 Å². The van der Waals surface area contributed by atoms with Crippen LogP contribution in [0.1, 0.15) is 66.2 Å². The van der Waals surface area contributed by atoms with Gasteiger partial charge in [0, 0.05) is 18.7 Å². The molecule has 2 amide bonds. The average molecular weight is 533 g/mol. The Kier molecular flexibility index (Phi) is 9.69. The fourth-order valence-corrected chi connectivity index (χ4v) is 4.36. The van der Waals surface area contributed by atoms with Gasteiger partial charge in [0.05, 0.1) is 22.3 Å². The van der Waals surface area contributed by atoms with Crippen LogP contribution in [0.4, 0.5) is 5.69 Å². The van der Waals surface area contributed by atoms with E-state index in [1.807, 2.05) is 17.0 Å². The van der Waals surface area contributed by atoms with Crippen LogP contribution in [0.3, 0.4) is 0 Å². The molecule has 0 aromatic heterocycles. The van der Waals surface area contributed by atoms with Crippen molar-refractivity contribution in [3.63, 3.8) is 0 Å². The number of hydrogen-bond acceptors (Lipinski definition) is 4. The highest BCUT2D eigenvalue weighted by molar-refractivity contribution is 9.10. The van der Waals surface area contributed by atoms with Crippen molar-refractivity contribution < 1.29 is 14.3 Å². The fourth-order valence-electron chi connectivity index (χ4n) is 3.67. The summed E-state index contributed by atoms with van der Waals surface area (Å²) in [5.74, 6) is 0.336. The molecule has 8 heteroatoms. The number of benzene rings is 2. The third-order valence-electron chi connectivity index (χ3n) is 5.48. The van der Waals surface area contributed by atoms with Gasteiger partial charge in [0.2, 0.25) is 0 Å². The third-order valence-corrected chi connectivity index (χ3v) is 6.30. The van der Waals surface area contributed by atoms with Crippen LogP contribution < -0.4 is 15.4 Å². The van der Waals surface area contributed by atoms with Gasteiger partial charge in [0.15, 0.2) is 5.11 Å². The minimum atomic E-state index is -0.342. The molecule has 2 aromatic rings. The molecule has 1 aliphatic heterocycles. The van der Waals surface area contributed by atoms with E-state index in [0.29, 0.717) is 33.6 Å². The number of rotatable bonds is 9. The van der Waals surface area contributed by atoms with Gasteiger partial charge in [-0.3, -0.25) is 14.9 Å². The zero-order valence-corrected chi connectivity index (χ0v) is 21.3. The summed E-state index contributed by atoms with van der Waals surface area (Å²) in [5.41, 5.74) is 1.57. The summed E-state index contributed by atoms with van der Waals surface area (Å²) in [6.45, 7) is 4.35. The van der Waals surface area contributed by atoms with Crippen molar-refractivity contribution >= 4 is 50.8 Å². The monoisotopic (exact) mass is 531 g/mol. The molecule has 2 aromatic carbocycles. The van der Waals surface area contributed by atoms with E-state index in [1.165, 1.54) is 12.8 Å². The maximum atomic E-state index is 12.8. The number of amides is 2. The number of anilines is 1. The molecule has 0 spiro atoms. The number of unbranched alkanes of at least 4 members (excludes halogenated alkanes) is 3. The van der Waals surface area contributed by atoms with Gasteiger partial charge in [0.25, 0.3) is 11.8 Å². The first-order valence-corrected chi connectivity index (χ1v) is 12.6. The second-order valence-corrected chi connectivity index (χ2v) is 9.27. The van der Waals surface area contributed by atoms with E-state index < -0.39 is 0 Å². The van der Waals surface area contributed by atoms with Crippen molar-refractivity contribution in [2.24, 2.45) is 0 Å². The summed E-state index contributed by atoms with van der Waals surface area (Å²) in [6, 6.07) is 12.4. The molecule has 1 aliphatic rings. The van der Waals surface area contributed by atoms with Crippen LogP contribution in [0.5, 0.6) is 5.75 Å². The van der Waals surface area contributed by atoms with Crippen LogP contribution in [0.2, 0.25) is 0 Å². The van der Waals surface area contributed by atoms with E-state index in [1.54, 1.807) is 30.3 Å². The van der Waals surface area contributed by atoms with Gasteiger partial charge in [-0.05, 0) is 77.7 Å². The Labute approximate surface area is 209 Å². The predicted octanol–water partition coefficient (Wildman–Crippen LogP) is 5.77. The molecule has 0 unspecified atom stereocenters. The number of halogens is 1. The van der Waals surface area contributed by atoms with Gasteiger partial charge >= 0.3 is 0 Å². The summed E-state index contributed by atoms with van der Waals surface area (Å²) < 4.78 is 6.52. The fraction of sp³-hybridized carbons (Fsp3) is 0.400. The number of para-hydroxylation sites is 1. The summed E-state index contributed by atoms with van der Waals surface area (Å²) in [6.07, 6.45) is 6.58. The molecule has 1 fully saturated rings. The van der Waals surface area contributed by atoms with Crippen LogP contribution in [0, 0.1) is 0 Å². The molecule has 0 saturated carbocycles. The number of carbonyl (C=O) groups excluding carboxylic acids is 2. The lowest BCUT2D eigenvalue weighted by molar-refractivity contribution is 0.0793. The number of ether oxygens (including phenoxy) is 1. The first-order valence-electron chi connectivity index (χ1n) is 11.4. The Bertz CT molecular complexity index is 993. The molecule has 0 radical (unpaired) electrons. The first-order chi connectivity index (χ1) is 16.0. The predicted molar refractivity (Wildman–Crippen MR) is 139 cm³/mol. The zero-order chi connectivity index (χ0) is 23.6. The minimum Gasteiger partial charge on any atom is -0.492 e. The van der Waals surface area contributed by atoms with Crippen molar-refractivity contribution in [2.45, 2.75) is 45.4 Å². The molecular formula is C25H30BrN3O3S. The highest BCUT2D eigenvalue weighted by Crippen LogP contribution is 2.26. The number of nitrogens with zero attached hydrogens (tertiary/aromatic N) is 1. The maximum absolute atomic E-state index is 12.8. The quantitative estimate of drug-likeness (QED) is 0.317. The summed E-state index contributed by atoms with van der Waals surface area (Å²) >= 11 is 8.82. The Hall–Kier alpha value is -2.45. The smallest absolute Gasteiger partial charge is 0.257 e. The molecule has 33 heavy (non-hydrogen) atoms. The van der Waals surface area contributed by atoms with Crippen molar-refractivity contribution in [2.75, 3.05) is 25.0 Å². The number of carbonyl (C=O) groups is 2. The van der Waals surface area contributed by atoms with Crippen molar-refractivity contribution in [1.29, 1.82) is 0 Å². The highest BCUT2D eigenvalue weighted by atomic mass is 79.9. The number of hydrogen-bond donors (Lipinski definition) is 2. The second kappa shape index (κ2) is 12.7. The number of thiocarbonyl (C=S) groups is 1. The molecule has 1 heterocycles. The normalized spacial score (nSPS) is 13.0. The molecule has 1 saturated heterocycles. The average Bonchev–Trinajstić information content (AvgIpc) is 3.34. The second-order valence-electron chi connectivity index (χ2n) is 8.01. The molecule has 0 bridgehead atoms. The van der Waals surface area contributed by atoms with Crippen LogP contribution in [0.25, 0.3) is 0 Å². The van der Waals surface area contributed by atoms with E-state index >= 15 is 0 Å². The first kappa shape index (κ1) is 25.2. The number of nitrogens with one attached hydrogen (secondary N) is 2. The van der Waals surface area contributed by atoms with E-state index in [2.05, 4.69) is 33.5 Å². The van der Waals surface area contributed by atoms with Gasteiger partial charge in [0.1, 0.15) is 5.75 Å². The maximum Gasteiger partial charge on any atom is 0.257 e. The van der Waals surface area contributed by atoms with Gasteiger partial charge in [-0.15, -0.1) is 0 Å². The standard InChI is InChI=1S/C25H30BrN3O3S/c1-2-3-4-9-16-32-22-13-12-18(17-20(22)26)23(30)28-25(33)27-21-11-6-5-10-19(21)24(31)29-14-7-8-15-29/h5-6,10-13,17H,2-4,7-9,14-16H2,1H3,(H2,27,28,30,33). The molecule has 3 rings (SSSR count). The van der Waals surface area contributed by atoms with Crippen molar-refractivity contribution in [3.8, 4) is 5.75 Å². The Morgan fingerprint density at radius 3 is 2.58 bits per heavy atom. The molecule has 0 atom stereocenters. The zero-order valence-electron chi connectivity index (χ0n) is 18.9. The van der Waals surface area contributed by atoms with Gasteiger partial charge in [-0.1, -0.05) is 38.3 Å². The third kappa shape index (κ3) is 7.27. The van der Waals surface area contributed by atoms with E-state index in [0.717, 1.165) is 38.8 Å². The van der Waals surface area contributed by atoms with Crippen LogP contribution >= 0.6 is 28.1 Å². The van der Waals surface area contributed by atoms with Crippen LogP contribution in [0.15, 0.2) is 46.9 Å². The molecular weight excluding hydrogens is 502 g/mol. The van der Waals surface area contributed by atoms with Crippen LogP contribution in [-0.2, 0) is 0 Å². The molecule has 0 aliphatic carbocycles. The number of likely N-dealkylation sites (tertiary alicyclic amines) is 1. The summed E-state index contributed by atoms with van der Waals surface area (Å²) in [4.78, 5) is 27.4. The Balaban J connectivity index is 1.57. The Morgan fingerprint density at radius 2 is 1.85 bits per heavy atom. The molecule has 2 N–H and O–H groups in total. The van der Waals surface area contributed by atoms with E-state index in [-0.39, 0.29) is 16.9 Å². The summed E-state index contributed by atoms with van der Waals surface area (Å²) in [7, 11) is 0. The van der Waals surface area contributed by atoms with Crippen molar-refractivity contribution in [1.82, 2.24) is 10.2 Å². The van der Waals surface area contributed by atoms with Crippen LogP contribution in [-0.4, -0.2) is 41.5 Å². The topological polar surface area (TPSA) is 70.7 Å². The Morgan fingerprint density at radius 1 is 1.09 bits per heavy atom. The van der Waals surface area contributed by atoms with E-state index in [4.69, 9.17) is 17.0 Å². The lowest BCUT2D eigenvalue weighted by atomic mass is 10.1.